The molecule has 2 heterocycles. The van der Waals surface area contributed by atoms with E-state index in [1.165, 1.54) is 4.90 Å². The van der Waals surface area contributed by atoms with E-state index in [4.69, 9.17) is 20.8 Å². The van der Waals surface area contributed by atoms with E-state index in [9.17, 15) is 9.59 Å². The number of ether oxygens (including phenoxy) is 1. The minimum absolute atomic E-state index is 0.179. The van der Waals surface area contributed by atoms with Gasteiger partial charge in [-0.2, -0.15) is 0 Å². The van der Waals surface area contributed by atoms with Gasteiger partial charge in [-0.15, -0.1) is 0 Å². The van der Waals surface area contributed by atoms with Crippen molar-refractivity contribution in [3.8, 4) is 17.1 Å². The zero-order valence-electron chi connectivity index (χ0n) is 19.6. The predicted octanol–water partition coefficient (Wildman–Crippen LogP) is 7.46. The Morgan fingerprint density at radius 3 is 2.62 bits per heavy atom. The fraction of sp³-hybridized carbons (Fsp3) is 0.259. The molecule has 2 amide bonds. The third-order valence-corrected chi connectivity index (χ3v) is 6.91. The van der Waals surface area contributed by atoms with Crippen molar-refractivity contribution in [3.63, 3.8) is 0 Å². The van der Waals surface area contributed by atoms with Gasteiger partial charge in [0.15, 0.2) is 0 Å². The summed E-state index contributed by atoms with van der Waals surface area (Å²) >= 11 is 7.12. The molecule has 1 aromatic heterocycles. The number of carbonyl (C=O) groups excluding carboxylic acids is 2. The quantitative estimate of drug-likeness (QED) is 0.318. The highest BCUT2D eigenvalue weighted by molar-refractivity contribution is 8.18. The molecule has 0 atom stereocenters. The summed E-state index contributed by atoms with van der Waals surface area (Å²) in [6.07, 6.45) is 1.60. The second-order valence-electron chi connectivity index (χ2n) is 8.54. The molecule has 0 spiro atoms. The fourth-order valence-electron chi connectivity index (χ4n) is 3.64. The van der Waals surface area contributed by atoms with Crippen LogP contribution in [-0.4, -0.2) is 29.2 Å². The van der Waals surface area contributed by atoms with Crippen molar-refractivity contribution in [2.24, 2.45) is 0 Å². The first-order valence-electron chi connectivity index (χ1n) is 11.1. The van der Waals surface area contributed by atoms with Gasteiger partial charge < -0.3 is 9.15 Å². The molecule has 176 valence electrons. The summed E-state index contributed by atoms with van der Waals surface area (Å²) < 4.78 is 11.8. The average molecular weight is 496 g/mol. The van der Waals surface area contributed by atoms with Gasteiger partial charge in [0.05, 0.1) is 11.4 Å². The van der Waals surface area contributed by atoms with E-state index in [0.29, 0.717) is 27.4 Å². The first-order chi connectivity index (χ1) is 16.2. The minimum Gasteiger partial charge on any atom is -0.491 e. The van der Waals surface area contributed by atoms with Gasteiger partial charge in [-0.05, 0) is 72.5 Å². The lowest BCUT2D eigenvalue weighted by atomic mass is 10.0. The third-order valence-electron chi connectivity index (χ3n) is 5.59. The number of thioether (sulfide) groups is 1. The Kier molecular flexibility index (Phi) is 7.19. The van der Waals surface area contributed by atoms with Crippen LogP contribution >= 0.6 is 23.4 Å². The molecule has 0 unspecified atom stereocenters. The van der Waals surface area contributed by atoms with Crippen LogP contribution in [0.5, 0.6) is 5.75 Å². The Morgan fingerprint density at radius 2 is 1.88 bits per heavy atom. The van der Waals surface area contributed by atoms with E-state index in [1.54, 1.807) is 12.1 Å². The van der Waals surface area contributed by atoms with Gasteiger partial charge >= 0.3 is 0 Å². The van der Waals surface area contributed by atoms with E-state index >= 15 is 0 Å². The van der Waals surface area contributed by atoms with E-state index in [1.807, 2.05) is 44.2 Å². The highest BCUT2D eigenvalue weighted by atomic mass is 35.5. The second-order valence-corrected chi connectivity index (χ2v) is 9.94. The monoisotopic (exact) mass is 495 g/mol. The standard InChI is InChI=1S/C27H26ClNO4S/c1-16(2)21-9-5-17(3)13-24(21)32-12-11-29-26(30)25(34-27(29)31)15-20-8-10-23(33-20)19-7-6-18(4)22(28)14-19/h5-10,13-16H,11-12H2,1-4H3/b25-15-. The van der Waals surface area contributed by atoms with Gasteiger partial charge in [0.2, 0.25) is 0 Å². The Morgan fingerprint density at radius 1 is 1.09 bits per heavy atom. The summed E-state index contributed by atoms with van der Waals surface area (Å²) in [5.41, 5.74) is 4.03. The smallest absolute Gasteiger partial charge is 0.293 e. The van der Waals surface area contributed by atoms with Gasteiger partial charge in [0.1, 0.15) is 23.9 Å². The lowest BCUT2D eigenvalue weighted by Crippen LogP contribution is -2.32. The molecule has 5 nitrogen and oxygen atoms in total. The molecule has 0 bridgehead atoms. The number of rotatable bonds is 7. The van der Waals surface area contributed by atoms with Crippen LogP contribution in [0.3, 0.4) is 0 Å². The summed E-state index contributed by atoms with van der Waals surface area (Å²) in [6.45, 7) is 8.56. The number of benzene rings is 2. The zero-order valence-corrected chi connectivity index (χ0v) is 21.1. The molecule has 2 aromatic carbocycles. The molecule has 1 aliphatic heterocycles. The number of halogens is 1. The molecule has 34 heavy (non-hydrogen) atoms. The van der Waals surface area contributed by atoms with Gasteiger partial charge in [0, 0.05) is 16.7 Å². The van der Waals surface area contributed by atoms with Crippen molar-refractivity contribution in [2.75, 3.05) is 13.2 Å². The second kappa shape index (κ2) is 10.1. The number of hydrogen-bond acceptors (Lipinski definition) is 5. The van der Waals surface area contributed by atoms with Crippen LogP contribution in [-0.2, 0) is 4.79 Å². The lowest BCUT2D eigenvalue weighted by molar-refractivity contribution is -0.123. The first-order valence-corrected chi connectivity index (χ1v) is 12.3. The number of nitrogens with zero attached hydrogens (tertiary/aromatic N) is 1. The van der Waals surface area contributed by atoms with Crippen molar-refractivity contribution in [1.29, 1.82) is 0 Å². The van der Waals surface area contributed by atoms with Crippen LogP contribution in [0.15, 0.2) is 57.9 Å². The normalized spacial score (nSPS) is 15.1. The number of hydrogen-bond donors (Lipinski definition) is 0. The van der Waals surface area contributed by atoms with Crippen LogP contribution < -0.4 is 4.74 Å². The molecule has 3 aromatic rings. The minimum atomic E-state index is -0.344. The molecule has 4 rings (SSSR count). The van der Waals surface area contributed by atoms with Crippen molar-refractivity contribution < 1.29 is 18.7 Å². The molecule has 0 N–H and O–H groups in total. The van der Waals surface area contributed by atoms with Crippen molar-refractivity contribution >= 4 is 40.6 Å². The van der Waals surface area contributed by atoms with Crippen LogP contribution in [0.1, 0.15) is 42.2 Å². The number of furan rings is 1. The largest absolute Gasteiger partial charge is 0.491 e. The maximum Gasteiger partial charge on any atom is 0.293 e. The maximum absolute atomic E-state index is 12.9. The van der Waals surface area contributed by atoms with E-state index < -0.39 is 0 Å². The first kappa shape index (κ1) is 24.2. The fourth-order valence-corrected chi connectivity index (χ4v) is 4.67. The van der Waals surface area contributed by atoms with Crippen molar-refractivity contribution in [1.82, 2.24) is 4.90 Å². The predicted molar refractivity (Wildman–Crippen MR) is 137 cm³/mol. The molecule has 1 aliphatic rings. The molecular formula is C27H26ClNO4S. The molecule has 7 heteroatoms. The molecule has 0 saturated carbocycles. The van der Waals surface area contributed by atoms with Gasteiger partial charge in [-0.3, -0.25) is 14.5 Å². The maximum atomic E-state index is 12.9. The Labute approximate surface area is 208 Å². The summed E-state index contributed by atoms with van der Waals surface area (Å²) in [6, 6.07) is 15.4. The topological polar surface area (TPSA) is 59.8 Å². The Hall–Kier alpha value is -2.96. The van der Waals surface area contributed by atoms with Crippen LogP contribution in [0.25, 0.3) is 17.4 Å². The number of aryl methyl sites for hydroxylation is 2. The highest BCUT2D eigenvalue weighted by Crippen LogP contribution is 2.34. The van der Waals surface area contributed by atoms with Crippen molar-refractivity contribution in [2.45, 2.75) is 33.6 Å². The Bertz CT molecular complexity index is 1280. The van der Waals surface area contributed by atoms with Crippen LogP contribution in [0.4, 0.5) is 4.79 Å². The van der Waals surface area contributed by atoms with E-state index in [-0.39, 0.29) is 24.3 Å². The van der Waals surface area contributed by atoms with Gasteiger partial charge in [-0.1, -0.05) is 49.7 Å². The van der Waals surface area contributed by atoms with E-state index in [0.717, 1.165) is 39.8 Å². The van der Waals surface area contributed by atoms with Gasteiger partial charge in [0.25, 0.3) is 11.1 Å². The summed E-state index contributed by atoms with van der Waals surface area (Å²) in [5.74, 6) is 1.89. The molecule has 0 aliphatic carbocycles. The molecule has 0 radical (unpaired) electrons. The number of carbonyl (C=O) groups is 2. The molecular weight excluding hydrogens is 470 g/mol. The van der Waals surface area contributed by atoms with E-state index in [2.05, 4.69) is 26.0 Å². The highest BCUT2D eigenvalue weighted by Gasteiger charge is 2.35. The summed E-state index contributed by atoms with van der Waals surface area (Å²) in [7, 11) is 0. The Balaban J connectivity index is 1.43. The molecule has 1 fully saturated rings. The average Bonchev–Trinajstić information content (AvgIpc) is 3.35. The number of amides is 2. The third kappa shape index (κ3) is 5.24. The molecule has 1 saturated heterocycles. The summed E-state index contributed by atoms with van der Waals surface area (Å²) in [5, 5.41) is 0.343. The van der Waals surface area contributed by atoms with Crippen LogP contribution in [0.2, 0.25) is 5.02 Å². The van der Waals surface area contributed by atoms with Gasteiger partial charge in [-0.25, -0.2) is 0 Å². The number of imide groups is 1. The SMILES string of the molecule is Cc1ccc(C(C)C)c(OCCN2C(=O)S/C(=C\c3ccc(-c4ccc(C)c(Cl)c4)o3)C2=O)c1. The zero-order chi connectivity index (χ0) is 24.4. The lowest BCUT2D eigenvalue weighted by Gasteiger charge is -2.17. The summed E-state index contributed by atoms with van der Waals surface area (Å²) in [4.78, 5) is 26.9. The van der Waals surface area contributed by atoms with Crippen molar-refractivity contribution in [3.05, 3.63) is 80.9 Å². The van der Waals surface area contributed by atoms with Crippen LogP contribution in [0, 0.1) is 13.8 Å².